The summed E-state index contributed by atoms with van der Waals surface area (Å²) in [5.41, 5.74) is 2.04. The number of fused-ring (bicyclic) bond motifs is 3. The number of hydrogen-bond donors (Lipinski definition) is 1. The van der Waals surface area contributed by atoms with Gasteiger partial charge in [0.15, 0.2) is 5.65 Å². The number of piperidine rings is 1. The monoisotopic (exact) mass is 646 g/mol. The van der Waals surface area contributed by atoms with E-state index in [-0.39, 0.29) is 17.1 Å². The Morgan fingerprint density at radius 2 is 1.69 bits per heavy atom. The van der Waals surface area contributed by atoms with Crippen LogP contribution in [-0.2, 0) is 4.74 Å². The van der Waals surface area contributed by atoms with Crippen molar-refractivity contribution < 1.29 is 9.53 Å². The fraction of sp³-hybridized carbons (Fsp3) is 0.344. The predicted octanol–water partition coefficient (Wildman–Crippen LogP) is 6.32. The molecule has 0 unspecified atom stereocenters. The Bertz CT molecular complexity index is 1960. The van der Waals surface area contributed by atoms with Crippen LogP contribution in [0.5, 0.6) is 0 Å². The molecule has 1 spiro atoms. The standard InChI is InChI=1S/C32H32Cl2N8O3/c1-31(2,3)45-30(44)40-18-32(19-40)11-14-39(15-12-32)21-9-7-20(8-10-21)37-28-36-17-22-26(38-28)41-16-13-35-29(41)42(27(22)43)25-23(33)5-4-6-24(25)34/h4-10,13,16-17H,11-12,14-15,18-19H2,1-3H3,(H,36,37,38). The van der Waals surface area contributed by atoms with Crippen LogP contribution < -0.4 is 15.8 Å². The van der Waals surface area contributed by atoms with E-state index in [1.807, 2.05) is 37.8 Å². The summed E-state index contributed by atoms with van der Waals surface area (Å²) >= 11 is 12.9. The van der Waals surface area contributed by atoms with E-state index < -0.39 is 5.60 Å². The minimum Gasteiger partial charge on any atom is -0.444 e. The molecular weight excluding hydrogens is 615 g/mol. The molecule has 0 saturated carbocycles. The zero-order valence-electron chi connectivity index (χ0n) is 25.1. The minimum atomic E-state index is -0.478. The maximum absolute atomic E-state index is 13.6. The SMILES string of the molecule is CC(C)(C)OC(=O)N1CC2(CCN(c3ccc(Nc4ncc5c(=O)n(-c6c(Cl)cccc6Cl)c6nccn6c5n4)cc3)CC2)C1. The number of aromatic nitrogens is 5. The number of anilines is 3. The highest BCUT2D eigenvalue weighted by atomic mass is 35.5. The van der Waals surface area contributed by atoms with Crippen LogP contribution in [0, 0.1) is 5.41 Å². The zero-order valence-corrected chi connectivity index (χ0v) is 26.6. The van der Waals surface area contributed by atoms with Gasteiger partial charge in [-0.05, 0) is 70.0 Å². The maximum atomic E-state index is 13.6. The normalized spacial score (nSPS) is 16.3. The summed E-state index contributed by atoms with van der Waals surface area (Å²) in [6, 6.07) is 13.2. The van der Waals surface area contributed by atoms with Crippen molar-refractivity contribution in [2.75, 3.05) is 36.4 Å². The zero-order chi connectivity index (χ0) is 31.5. The topological polar surface area (TPSA) is 110 Å². The van der Waals surface area contributed by atoms with Crippen molar-refractivity contribution in [3.8, 4) is 5.69 Å². The van der Waals surface area contributed by atoms with E-state index in [0.29, 0.717) is 38.5 Å². The molecule has 2 saturated heterocycles. The molecule has 0 aliphatic carbocycles. The van der Waals surface area contributed by atoms with Crippen molar-refractivity contribution in [3.63, 3.8) is 0 Å². The van der Waals surface area contributed by atoms with Crippen LogP contribution in [-0.4, -0.2) is 66.7 Å². The lowest BCUT2D eigenvalue weighted by Crippen LogP contribution is -2.62. The second-order valence-electron chi connectivity index (χ2n) is 12.7. The van der Waals surface area contributed by atoms with Gasteiger partial charge in [0.05, 0.1) is 15.7 Å². The van der Waals surface area contributed by atoms with E-state index >= 15 is 0 Å². The quantitative estimate of drug-likeness (QED) is 0.242. The second-order valence-corrected chi connectivity index (χ2v) is 13.5. The molecule has 7 rings (SSSR count). The smallest absolute Gasteiger partial charge is 0.410 e. The van der Waals surface area contributed by atoms with Crippen LogP contribution in [0.4, 0.5) is 22.1 Å². The lowest BCUT2D eigenvalue weighted by molar-refractivity contribution is -0.0434. The number of halogens is 2. The summed E-state index contributed by atoms with van der Waals surface area (Å²) in [6.07, 6.45) is 6.66. The summed E-state index contributed by atoms with van der Waals surface area (Å²) in [7, 11) is 0. The summed E-state index contributed by atoms with van der Waals surface area (Å²) in [6.45, 7) is 9.07. The summed E-state index contributed by atoms with van der Waals surface area (Å²) in [4.78, 5) is 43.7. The Morgan fingerprint density at radius 3 is 2.36 bits per heavy atom. The maximum Gasteiger partial charge on any atom is 0.410 e. The Hall–Kier alpha value is -4.35. The summed E-state index contributed by atoms with van der Waals surface area (Å²) < 4.78 is 8.62. The van der Waals surface area contributed by atoms with Crippen LogP contribution >= 0.6 is 23.2 Å². The third-order valence-corrected chi connectivity index (χ3v) is 9.04. The fourth-order valence-corrected chi connectivity index (χ4v) is 6.74. The second kappa shape index (κ2) is 10.9. The van der Waals surface area contributed by atoms with Gasteiger partial charge in [-0.15, -0.1) is 0 Å². The molecule has 1 N–H and O–H groups in total. The average molecular weight is 648 g/mol. The lowest BCUT2D eigenvalue weighted by atomic mass is 9.72. The molecule has 45 heavy (non-hydrogen) atoms. The highest BCUT2D eigenvalue weighted by molar-refractivity contribution is 6.37. The van der Waals surface area contributed by atoms with Crippen molar-refractivity contribution >= 4 is 63.4 Å². The molecule has 0 atom stereocenters. The van der Waals surface area contributed by atoms with Gasteiger partial charge in [-0.25, -0.2) is 19.3 Å². The number of amides is 1. The number of nitrogens with one attached hydrogen (secondary N) is 1. The third kappa shape index (κ3) is 5.44. The summed E-state index contributed by atoms with van der Waals surface area (Å²) in [5, 5.41) is 4.20. The average Bonchev–Trinajstić information content (AvgIpc) is 3.47. The fourth-order valence-electron chi connectivity index (χ4n) is 6.17. The third-order valence-electron chi connectivity index (χ3n) is 8.43. The van der Waals surface area contributed by atoms with E-state index in [2.05, 4.69) is 37.3 Å². The van der Waals surface area contributed by atoms with Crippen molar-refractivity contribution in [1.82, 2.24) is 28.8 Å². The van der Waals surface area contributed by atoms with Gasteiger partial charge in [-0.3, -0.25) is 9.20 Å². The van der Waals surface area contributed by atoms with Gasteiger partial charge in [0.25, 0.3) is 5.56 Å². The van der Waals surface area contributed by atoms with E-state index in [1.54, 1.807) is 35.0 Å². The van der Waals surface area contributed by atoms with Gasteiger partial charge in [0, 0.05) is 61.6 Å². The molecule has 0 radical (unpaired) electrons. The molecule has 0 bridgehead atoms. The van der Waals surface area contributed by atoms with Crippen molar-refractivity contribution in [3.05, 3.63) is 81.5 Å². The van der Waals surface area contributed by atoms with E-state index in [0.717, 1.165) is 50.4 Å². The van der Waals surface area contributed by atoms with Crippen molar-refractivity contribution in [2.24, 2.45) is 5.41 Å². The molecule has 2 aromatic carbocycles. The van der Waals surface area contributed by atoms with Crippen LogP contribution in [0.3, 0.4) is 0 Å². The predicted molar refractivity (Wildman–Crippen MR) is 175 cm³/mol. The molecule has 232 valence electrons. The first-order valence-electron chi connectivity index (χ1n) is 14.8. The number of nitrogens with zero attached hydrogens (tertiary/aromatic N) is 7. The molecule has 2 fully saturated rings. The van der Waals surface area contributed by atoms with E-state index in [9.17, 15) is 9.59 Å². The molecule has 1 amide bonds. The van der Waals surface area contributed by atoms with Crippen LogP contribution in [0.2, 0.25) is 10.0 Å². The molecule has 11 nitrogen and oxygen atoms in total. The van der Waals surface area contributed by atoms with Gasteiger partial charge in [-0.2, -0.15) is 4.98 Å². The minimum absolute atomic E-state index is 0.186. The molecule has 2 aliphatic rings. The first-order chi connectivity index (χ1) is 21.5. The molecule has 13 heteroatoms. The number of hydrogen-bond acceptors (Lipinski definition) is 8. The molecule has 5 heterocycles. The Kier molecular flexibility index (Phi) is 7.13. The highest BCUT2D eigenvalue weighted by Gasteiger charge is 2.47. The first kappa shape index (κ1) is 29.4. The number of carbonyl (C=O) groups excluding carboxylic acids is 1. The molecule has 2 aliphatic heterocycles. The number of benzene rings is 2. The number of ether oxygens (including phenoxy) is 1. The van der Waals surface area contributed by atoms with E-state index in [4.69, 9.17) is 27.9 Å². The number of likely N-dealkylation sites (tertiary alicyclic amines) is 1. The van der Waals surface area contributed by atoms with E-state index in [1.165, 1.54) is 10.8 Å². The van der Waals surface area contributed by atoms with Gasteiger partial charge >= 0.3 is 6.09 Å². The molecule has 3 aromatic heterocycles. The lowest BCUT2D eigenvalue weighted by Gasteiger charge is -2.54. The van der Waals surface area contributed by atoms with Crippen LogP contribution in [0.15, 0.2) is 65.8 Å². The number of imidazole rings is 1. The van der Waals surface area contributed by atoms with Gasteiger partial charge in [0.2, 0.25) is 11.7 Å². The van der Waals surface area contributed by atoms with Crippen molar-refractivity contribution in [1.29, 1.82) is 0 Å². The summed E-state index contributed by atoms with van der Waals surface area (Å²) in [5.74, 6) is 0.678. The van der Waals surface area contributed by atoms with Gasteiger partial charge < -0.3 is 19.9 Å². The number of carbonyl (C=O) groups is 1. The van der Waals surface area contributed by atoms with Crippen molar-refractivity contribution in [2.45, 2.75) is 39.2 Å². The Labute approximate surface area is 269 Å². The Balaban J connectivity index is 1.05. The van der Waals surface area contributed by atoms with Gasteiger partial charge in [0.1, 0.15) is 11.0 Å². The highest BCUT2D eigenvalue weighted by Crippen LogP contribution is 2.42. The van der Waals surface area contributed by atoms with Crippen LogP contribution in [0.25, 0.3) is 22.5 Å². The molecule has 5 aromatic rings. The van der Waals surface area contributed by atoms with Gasteiger partial charge in [-0.1, -0.05) is 29.3 Å². The number of para-hydroxylation sites is 1. The Morgan fingerprint density at radius 1 is 1.00 bits per heavy atom. The first-order valence-corrected chi connectivity index (χ1v) is 15.6. The molecular formula is C32H32Cl2N8O3. The number of rotatable bonds is 4. The largest absolute Gasteiger partial charge is 0.444 e. The van der Waals surface area contributed by atoms with Crippen LogP contribution in [0.1, 0.15) is 33.6 Å².